The zero-order chi connectivity index (χ0) is 15.9. The molecule has 1 aliphatic heterocycles. The maximum atomic E-state index is 6.30. The molecule has 0 radical (unpaired) electrons. The van der Waals surface area contributed by atoms with Gasteiger partial charge in [0.1, 0.15) is 0 Å². The molecule has 0 aromatic heterocycles. The molecule has 1 aliphatic rings. The molecule has 1 fully saturated rings. The van der Waals surface area contributed by atoms with Gasteiger partial charge >= 0.3 is 0 Å². The van der Waals surface area contributed by atoms with Crippen molar-refractivity contribution in [2.24, 2.45) is 5.73 Å². The highest BCUT2D eigenvalue weighted by Crippen LogP contribution is 2.15. The first-order valence-corrected chi connectivity index (χ1v) is 8.60. The lowest BCUT2D eigenvalue weighted by atomic mass is 10.0. The smallest absolute Gasteiger partial charge is 0.0307 e. The quantitative estimate of drug-likeness (QED) is 0.890. The molecular formula is C20H27N3. The molecular weight excluding hydrogens is 282 g/mol. The molecule has 122 valence electrons. The standard InChI is InChI=1S/C20H27N3/c21-20(19-9-5-2-6-10-19)11-12-22-13-15-23(16-14-22)17-18-7-3-1-4-8-18/h1-10,20H,11-17,21H2. The van der Waals surface area contributed by atoms with Crippen LogP contribution < -0.4 is 5.73 Å². The molecule has 2 aromatic carbocycles. The number of nitrogens with zero attached hydrogens (tertiary/aromatic N) is 2. The summed E-state index contributed by atoms with van der Waals surface area (Å²) in [5.41, 5.74) is 8.96. The summed E-state index contributed by atoms with van der Waals surface area (Å²) in [7, 11) is 0. The van der Waals surface area contributed by atoms with E-state index in [2.05, 4.69) is 64.4 Å². The van der Waals surface area contributed by atoms with Crippen LogP contribution in [0.4, 0.5) is 0 Å². The highest BCUT2D eigenvalue weighted by Gasteiger charge is 2.17. The van der Waals surface area contributed by atoms with Crippen LogP contribution >= 0.6 is 0 Å². The minimum Gasteiger partial charge on any atom is -0.324 e. The molecule has 2 N–H and O–H groups in total. The molecule has 0 bridgehead atoms. The van der Waals surface area contributed by atoms with Crippen LogP contribution in [0.15, 0.2) is 60.7 Å². The number of benzene rings is 2. The van der Waals surface area contributed by atoms with Crippen molar-refractivity contribution in [3.63, 3.8) is 0 Å². The summed E-state index contributed by atoms with van der Waals surface area (Å²) in [5.74, 6) is 0. The Bertz CT molecular complexity index is 562. The lowest BCUT2D eigenvalue weighted by molar-refractivity contribution is 0.124. The van der Waals surface area contributed by atoms with Gasteiger partial charge in [-0.15, -0.1) is 0 Å². The number of piperazine rings is 1. The average Bonchev–Trinajstić information content (AvgIpc) is 2.62. The Morgan fingerprint density at radius 1 is 0.783 bits per heavy atom. The van der Waals surface area contributed by atoms with Crippen molar-refractivity contribution in [3.8, 4) is 0 Å². The average molecular weight is 309 g/mol. The van der Waals surface area contributed by atoms with Crippen LogP contribution in [0.3, 0.4) is 0 Å². The van der Waals surface area contributed by atoms with Crippen LogP contribution in [-0.2, 0) is 6.54 Å². The van der Waals surface area contributed by atoms with Crippen molar-refractivity contribution in [2.75, 3.05) is 32.7 Å². The van der Waals surface area contributed by atoms with Gasteiger partial charge in [-0.25, -0.2) is 0 Å². The van der Waals surface area contributed by atoms with Gasteiger partial charge in [0.2, 0.25) is 0 Å². The number of hydrogen-bond acceptors (Lipinski definition) is 3. The van der Waals surface area contributed by atoms with E-state index in [1.807, 2.05) is 6.07 Å². The molecule has 0 amide bonds. The Hall–Kier alpha value is -1.68. The van der Waals surface area contributed by atoms with E-state index in [1.54, 1.807) is 0 Å². The van der Waals surface area contributed by atoms with Gasteiger partial charge in [-0.3, -0.25) is 4.90 Å². The second-order valence-electron chi connectivity index (χ2n) is 6.41. The van der Waals surface area contributed by atoms with Crippen molar-refractivity contribution in [2.45, 2.75) is 19.0 Å². The summed E-state index contributed by atoms with van der Waals surface area (Å²) in [5, 5.41) is 0. The van der Waals surface area contributed by atoms with Crippen LogP contribution in [0.5, 0.6) is 0 Å². The fourth-order valence-electron chi connectivity index (χ4n) is 3.20. The van der Waals surface area contributed by atoms with Gasteiger partial charge in [0.05, 0.1) is 0 Å². The summed E-state index contributed by atoms with van der Waals surface area (Å²) in [4.78, 5) is 5.09. The Morgan fingerprint density at radius 3 is 2.00 bits per heavy atom. The van der Waals surface area contributed by atoms with E-state index < -0.39 is 0 Å². The lowest BCUT2D eigenvalue weighted by Gasteiger charge is -2.35. The molecule has 1 saturated heterocycles. The van der Waals surface area contributed by atoms with E-state index >= 15 is 0 Å². The fourth-order valence-corrected chi connectivity index (χ4v) is 3.20. The van der Waals surface area contributed by atoms with Crippen molar-refractivity contribution in [3.05, 3.63) is 71.8 Å². The largest absolute Gasteiger partial charge is 0.324 e. The molecule has 1 unspecified atom stereocenters. The van der Waals surface area contributed by atoms with Crippen molar-refractivity contribution in [1.29, 1.82) is 0 Å². The highest BCUT2D eigenvalue weighted by molar-refractivity contribution is 5.18. The molecule has 1 heterocycles. The van der Waals surface area contributed by atoms with Gasteiger partial charge in [0, 0.05) is 45.3 Å². The van der Waals surface area contributed by atoms with E-state index in [0.29, 0.717) is 0 Å². The Labute approximate surface area is 139 Å². The molecule has 0 saturated carbocycles. The van der Waals surface area contributed by atoms with Gasteiger partial charge in [-0.2, -0.15) is 0 Å². The van der Waals surface area contributed by atoms with E-state index in [9.17, 15) is 0 Å². The lowest BCUT2D eigenvalue weighted by Crippen LogP contribution is -2.46. The predicted molar refractivity (Wildman–Crippen MR) is 96.1 cm³/mol. The maximum absolute atomic E-state index is 6.30. The third-order valence-corrected chi connectivity index (χ3v) is 4.70. The summed E-state index contributed by atoms with van der Waals surface area (Å²) in [6.07, 6.45) is 1.03. The third-order valence-electron chi connectivity index (χ3n) is 4.70. The molecule has 2 aromatic rings. The van der Waals surface area contributed by atoms with Crippen LogP contribution in [0.2, 0.25) is 0 Å². The molecule has 1 atom stereocenters. The van der Waals surface area contributed by atoms with Gasteiger partial charge in [-0.05, 0) is 17.5 Å². The zero-order valence-corrected chi connectivity index (χ0v) is 13.8. The predicted octanol–water partition coefficient (Wildman–Crippen LogP) is 2.89. The number of nitrogens with two attached hydrogens (primary N) is 1. The van der Waals surface area contributed by atoms with Gasteiger partial charge in [0.25, 0.3) is 0 Å². The first-order chi connectivity index (χ1) is 11.3. The molecule has 3 rings (SSSR count). The van der Waals surface area contributed by atoms with Gasteiger partial charge in [-0.1, -0.05) is 60.7 Å². The maximum Gasteiger partial charge on any atom is 0.0307 e. The summed E-state index contributed by atoms with van der Waals surface area (Å²) >= 11 is 0. The topological polar surface area (TPSA) is 32.5 Å². The minimum atomic E-state index is 0.151. The van der Waals surface area contributed by atoms with Gasteiger partial charge < -0.3 is 10.6 Å². The first-order valence-electron chi connectivity index (χ1n) is 8.60. The van der Waals surface area contributed by atoms with Gasteiger partial charge in [0.15, 0.2) is 0 Å². The zero-order valence-electron chi connectivity index (χ0n) is 13.8. The van der Waals surface area contributed by atoms with Crippen molar-refractivity contribution >= 4 is 0 Å². The summed E-state index contributed by atoms with van der Waals surface area (Å²) in [6, 6.07) is 21.3. The third kappa shape index (κ3) is 4.90. The Kier molecular flexibility index (Phi) is 5.81. The molecule has 23 heavy (non-hydrogen) atoms. The van der Waals surface area contributed by atoms with Crippen LogP contribution in [-0.4, -0.2) is 42.5 Å². The fraction of sp³-hybridized carbons (Fsp3) is 0.400. The van der Waals surface area contributed by atoms with Crippen molar-refractivity contribution in [1.82, 2.24) is 9.80 Å². The second-order valence-corrected chi connectivity index (χ2v) is 6.41. The van der Waals surface area contributed by atoms with E-state index in [-0.39, 0.29) is 6.04 Å². The summed E-state index contributed by atoms with van der Waals surface area (Å²) < 4.78 is 0. The SMILES string of the molecule is NC(CCN1CCN(Cc2ccccc2)CC1)c1ccccc1. The van der Waals surface area contributed by atoms with E-state index in [4.69, 9.17) is 5.73 Å². The number of rotatable bonds is 6. The minimum absolute atomic E-state index is 0.151. The summed E-state index contributed by atoms with van der Waals surface area (Å²) in [6.45, 7) is 6.75. The molecule has 0 spiro atoms. The van der Waals surface area contributed by atoms with E-state index in [0.717, 1.165) is 45.7 Å². The van der Waals surface area contributed by atoms with E-state index in [1.165, 1.54) is 11.1 Å². The highest BCUT2D eigenvalue weighted by atomic mass is 15.3. The molecule has 3 heteroatoms. The van der Waals surface area contributed by atoms with Crippen LogP contribution in [0, 0.1) is 0 Å². The number of hydrogen-bond donors (Lipinski definition) is 1. The normalized spacial score (nSPS) is 18.0. The second kappa shape index (κ2) is 8.25. The Balaban J connectivity index is 1.39. The first kappa shape index (κ1) is 16.2. The van der Waals surface area contributed by atoms with Crippen LogP contribution in [0.25, 0.3) is 0 Å². The Morgan fingerprint density at radius 2 is 1.35 bits per heavy atom. The van der Waals surface area contributed by atoms with Crippen molar-refractivity contribution < 1.29 is 0 Å². The van der Waals surface area contributed by atoms with Crippen LogP contribution in [0.1, 0.15) is 23.6 Å². The molecule has 3 nitrogen and oxygen atoms in total. The monoisotopic (exact) mass is 309 g/mol. The molecule has 0 aliphatic carbocycles.